The summed E-state index contributed by atoms with van der Waals surface area (Å²) in [6.07, 6.45) is 2.01. The van der Waals surface area contributed by atoms with Gasteiger partial charge in [0.05, 0.1) is 0 Å². The van der Waals surface area contributed by atoms with Crippen LogP contribution in [0.3, 0.4) is 0 Å². The summed E-state index contributed by atoms with van der Waals surface area (Å²) in [6.45, 7) is 11.0. The van der Waals surface area contributed by atoms with Crippen LogP contribution < -0.4 is 5.32 Å². The maximum Gasteiger partial charge on any atom is 0.410 e. The third-order valence-electron chi connectivity index (χ3n) is 3.55. The number of nitrogens with one attached hydrogen (secondary N) is 1. The maximum atomic E-state index is 12.1. The minimum atomic E-state index is -0.426. The van der Waals surface area contributed by atoms with Gasteiger partial charge >= 0.3 is 6.09 Å². The Kier molecular flexibility index (Phi) is 5.81. The molecule has 1 aromatic heterocycles. The molecule has 1 aliphatic rings. The quantitative estimate of drug-likeness (QED) is 0.924. The van der Waals surface area contributed by atoms with E-state index < -0.39 is 5.60 Å². The van der Waals surface area contributed by atoms with Crippen molar-refractivity contribution in [2.45, 2.75) is 52.7 Å². The van der Waals surface area contributed by atoms with E-state index in [1.807, 2.05) is 32.6 Å². The fourth-order valence-electron chi connectivity index (χ4n) is 2.59. The molecular weight excluding hydrogens is 298 g/mol. The van der Waals surface area contributed by atoms with E-state index in [4.69, 9.17) is 4.74 Å². The van der Waals surface area contributed by atoms with Crippen LogP contribution in [0.4, 0.5) is 4.79 Å². The minimum absolute atomic E-state index is 0.187. The van der Waals surface area contributed by atoms with E-state index in [9.17, 15) is 4.79 Å². The summed E-state index contributed by atoms with van der Waals surface area (Å²) in [7, 11) is 0. The molecule has 0 spiro atoms. The summed E-state index contributed by atoms with van der Waals surface area (Å²) in [6, 6.07) is 0. The molecule has 2 rings (SSSR count). The first-order chi connectivity index (χ1) is 10.3. The van der Waals surface area contributed by atoms with Gasteiger partial charge in [-0.2, -0.15) is 0 Å². The van der Waals surface area contributed by atoms with E-state index in [0.717, 1.165) is 49.7 Å². The van der Waals surface area contributed by atoms with Crippen molar-refractivity contribution < 1.29 is 9.53 Å². The number of ether oxygens (including phenoxy) is 1. The third-order valence-corrected chi connectivity index (χ3v) is 4.51. The first kappa shape index (κ1) is 17.2. The summed E-state index contributed by atoms with van der Waals surface area (Å²) >= 11 is 1.69. The van der Waals surface area contributed by atoms with Gasteiger partial charge in [0.25, 0.3) is 0 Å². The standard InChI is InChI=1S/C16H27N3O2S/c1-12-11-22-14(18-12)9-17-8-13-6-5-7-19(10-13)15(20)21-16(2,3)4/h11,13,17H,5-10H2,1-4H3/t13-/m1/s1. The number of aryl methyl sites for hydroxylation is 1. The molecule has 2 heterocycles. The Bertz CT molecular complexity index is 496. The largest absolute Gasteiger partial charge is 0.444 e. The molecule has 0 radical (unpaired) electrons. The first-order valence-corrected chi connectivity index (χ1v) is 8.81. The Morgan fingerprint density at radius 1 is 1.55 bits per heavy atom. The van der Waals surface area contributed by atoms with E-state index >= 15 is 0 Å². The van der Waals surface area contributed by atoms with Crippen molar-refractivity contribution >= 4 is 17.4 Å². The van der Waals surface area contributed by atoms with Crippen molar-refractivity contribution in [1.82, 2.24) is 15.2 Å². The molecule has 124 valence electrons. The third kappa shape index (κ3) is 5.57. The zero-order valence-electron chi connectivity index (χ0n) is 14.0. The highest BCUT2D eigenvalue weighted by Crippen LogP contribution is 2.19. The lowest BCUT2D eigenvalue weighted by molar-refractivity contribution is 0.0166. The van der Waals surface area contributed by atoms with Gasteiger partial charge in [0.2, 0.25) is 0 Å². The van der Waals surface area contributed by atoms with E-state index in [0.29, 0.717) is 5.92 Å². The lowest BCUT2D eigenvalue weighted by atomic mass is 9.98. The predicted molar refractivity (Wildman–Crippen MR) is 89.1 cm³/mol. The van der Waals surface area contributed by atoms with Gasteiger partial charge in [-0.15, -0.1) is 11.3 Å². The molecule has 22 heavy (non-hydrogen) atoms. The fraction of sp³-hybridized carbons (Fsp3) is 0.750. The van der Waals surface area contributed by atoms with E-state index in [1.54, 1.807) is 11.3 Å². The molecule has 1 atom stereocenters. The number of nitrogens with zero attached hydrogens (tertiary/aromatic N) is 2. The van der Waals surface area contributed by atoms with Crippen molar-refractivity contribution in [1.29, 1.82) is 0 Å². The molecule has 0 aromatic carbocycles. The highest BCUT2D eigenvalue weighted by Gasteiger charge is 2.27. The van der Waals surface area contributed by atoms with Gasteiger partial charge in [-0.25, -0.2) is 9.78 Å². The molecule has 0 bridgehead atoms. The van der Waals surface area contributed by atoms with Crippen LogP contribution in [0.25, 0.3) is 0 Å². The zero-order valence-corrected chi connectivity index (χ0v) is 14.8. The van der Waals surface area contributed by atoms with E-state index in [1.165, 1.54) is 0 Å². The number of piperidine rings is 1. The van der Waals surface area contributed by atoms with Crippen LogP contribution in [-0.4, -0.2) is 41.2 Å². The van der Waals surface area contributed by atoms with Crippen molar-refractivity contribution in [2.75, 3.05) is 19.6 Å². The number of carbonyl (C=O) groups excluding carboxylic acids is 1. The molecule has 1 saturated heterocycles. The zero-order chi connectivity index (χ0) is 16.2. The first-order valence-electron chi connectivity index (χ1n) is 7.93. The van der Waals surface area contributed by atoms with Crippen LogP contribution in [0, 0.1) is 12.8 Å². The van der Waals surface area contributed by atoms with Crippen molar-refractivity contribution in [3.05, 3.63) is 16.1 Å². The maximum absolute atomic E-state index is 12.1. The van der Waals surface area contributed by atoms with Crippen LogP contribution >= 0.6 is 11.3 Å². The van der Waals surface area contributed by atoms with Crippen molar-refractivity contribution in [3.63, 3.8) is 0 Å². The van der Waals surface area contributed by atoms with Crippen LogP contribution in [0.15, 0.2) is 5.38 Å². The minimum Gasteiger partial charge on any atom is -0.444 e. The van der Waals surface area contributed by atoms with Gasteiger partial charge in [-0.05, 0) is 46.5 Å². The molecule has 1 aromatic rings. The van der Waals surface area contributed by atoms with Gasteiger partial charge in [0.15, 0.2) is 0 Å². The molecular formula is C16H27N3O2S. The second kappa shape index (κ2) is 7.42. The summed E-state index contributed by atoms with van der Waals surface area (Å²) in [5.74, 6) is 0.488. The molecule has 0 aliphatic carbocycles. The lowest BCUT2D eigenvalue weighted by Gasteiger charge is -2.34. The highest BCUT2D eigenvalue weighted by atomic mass is 32.1. The van der Waals surface area contributed by atoms with Gasteiger partial charge in [0.1, 0.15) is 10.6 Å². The summed E-state index contributed by atoms with van der Waals surface area (Å²) in [4.78, 5) is 18.4. The fourth-order valence-corrected chi connectivity index (χ4v) is 3.33. The number of amides is 1. The van der Waals surface area contributed by atoms with Crippen LogP contribution in [0.5, 0.6) is 0 Å². The Morgan fingerprint density at radius 2 is 2.32 bits per heavy atom. The molecule has 1 aliphatic heterocycles. The number of likely N-dealkylation sites (tertiary alicyclic amines) is 1. The van der Waals surface area contributed by atoms with Gasteiger partial charge < -0.3 is 15.0 Å². The Morgan fingerprint density at radius 3 is 2.95 bits per heavy atom. The number of thiazole rings is 1. The Balaban J connectivity index is 1.74. The number of carbonyl (C=O) groups is 1. The van der Waals surface area contributed by atoms with Crippen molar-refractivity contribution in [2.24, 2.45) is 5.92 Å². The molecule has 0 unspecified atom stereocenters. The topological polar surface area (TPSA) is 54.5 Å². The molecule has 0 saturated carbocycles. The molecule has 1 fully saturated rings. The van der Waals surface area contributed by atoms with Crippen molar-refractivity contribution in [3.8, 4) is 0 Å². The normalized spacial score (nSPS) is 19.3. The number of aromatic nitrogens is 1. The average molecular weight is 325 g/mol. The Hall–Kier alpha value is -1.14. The highest BCUT2D eigenvalue weighted by molar-refractivity contribution is 7.09. The van der Waals surface area contributed by atoms with E-state index in [2.05, 4.69) is 15.7 Å². The second-order valence-corrected chi connectivity index (χ2v) is 7.89. The van der Waals surface area contributed by atoms with Crippen LogP contribution in [0.1, 0.15) is 44.3 Å². The molecule has 6 heteroatoms. The number of hydrogen-bond donors (Lipinski definition) is 1. The average Bonchev–Trinajstić information content (AvgIpc) is 2.83. The second-order valence-electron chi connectivity index (χ2n) is 6.95. The van der Waals surface area contributed by atoms with Gasteiger partial charge in [-0.3, -0.25) is 0 Å². The molecule has 5 nitrogen and oxygen atoms in total. The monoisotopic (exact) mass is 325 g/mol. The summed E-state index contributed by atoms with van der Waals surface area (Å²) in [5, 5.41) is 6.66. The SMILES string of the molecule is Cc1csc(CNC[C@H]2CCCN(C(=O)OC(C)(C)C)C2)n1. The van der Waals surface area contributed by atoms with Gasteiger partial charge in [0, 0.05) is 37.3 Å². The number of rotatable bonds is 4. The Labute approximate surface area is 137 Å². The molecule has 1 amide bonds. The van der Waals surface area contributed by atoms with Crippen LogP contribution in [-0.2, 0) is 11.3 Å². The van der Waals surface area contributed by atoms with E-state index in [-0.39, 0.29) is 6.09 Å². The number of hydrogen-bond acceptors (Lipinski definition) is 5. The summed E-state index contributed by atoms with van der Waals surface area (Å²) in [5.41, 5.74) is 0.654. The van der Waals surface area contributed by atoms with Crippen LogP contribution in [0.2, 0.25) is 0 Å². The van der Waals surface area contributed by atoms with Gasteiger partial charge in [-0.1, -0.05) is 0 Å². The predicted octanol–water partition coefficient (Wildman–Crippen LogP) is 3.19. The lowest BCUT2D eigenvalue weighted by Crippen LogP contribution is -2.44. The smallest absolute Gasteiger partial charge is 0.410 e. The molecule has 1 N–H and O–H groups in total. The summed E-state index contributed by atoms with van der Waals surface area (Å²) < 4.78 is 5.46.